The topological polar surface area (TPSA) is 39.2 Å². The fraction of sp³-hybridized carbons (Fsp3) is 0.200. The highest BCUT2D eigenvalue weighted by Crippen LogP contribution is 2.36. The van der Waals surface area contributed by atoms with E-state index in [1.54, 1.807) is 12.5 Å². The summed E-state index contributed by atoms with van der Waals surface area (Å²) in [5.41, 5.74) is 7.18. The van der Waals surface area contributed by atoms with Gasteiger partial charge in [-0.25, -0.2) is 0 Å². The van der Waals surface area contributed by atoms with E-state index < -0.39 is 0 Å². The zero-order valence-electron chi connectivity index (χ0n) is 9.91. The lowest BCUT2D eigenvalue weighted by Gasteiger charge is -2.38. The Balaban J connectivity index is 0.000000181. The molecule has 0 amide bonds. The van der Waals surface area contributed by atoms with E-state index in [0.717, 1.165) is 0 Å². The van der Waals surface area contributed by atoms with Crippen LogP contribution in [0, 0.1) is 5.92 Å². The third kappa shape index (κ3) is 2.48. The minimum atomic E-state index is -0.207. The van der Waals surface area contributed by atoms with Crippen LogP contribution in [0.15, 0.2) is 71.6 Å². The summed E-state index contributed by atoms with van der Waals surface area (Å²) in [5.74, 6) is 0.458. The van der Waals surface area contributed by atoms with E-state index in [2.05, 4.69) is 35.6 Å². The molecule has 2 unspecified atom stereocenters. The van der Waals surface area contributed by atoms with Gasteiger partial charge >= 0.3 is 0 Å². The van der Waals surface area contributed by atoms with Crippen LogP contribution in [-0.4, -0.2) is 0 Å². The van der Waals surface area contributed by atoms with Crippen LogP contribution in [0.3, 0.4) is 0 Å². The van der Waals surface area contributed by atoms with Crippen molar-refractivity contribution in [2.75, 3.05) is 0 Å². The zero-order valence-corrected chi connectivity index (χ0v) is 9.91. The molecule has 2 heteroatoms. The fourth-order valence-corrected chi connectivity index (χ4v) is 1.81. The first-order chi connectivity index (χ1) is 8.23. The molecule has 0 radical (unpaired) electrons. The van der Waals surface area contributed by atoms with E-state index in [1.165, 1.54) is 5.56 Å². The van der Waals surface area contributed by atoms with Crippen LogP contribution in [0.4, 0.5) is 0 Å². The standard InChI is InChI=1S/C11H13N.C4H4O/c1-9-7-8-11(9,12)10-5-3-2-4-6-10;1-2-4-5-3-1/h2-9H,12H2,1H3;1-4H. The molecule has 17 heavy (non-hydrogen) atoms. The Hall–Kier alpha value is -1.80. The summed E-state index contributed by atoms with van der Waals surface area (Å²) in [6, 6.07) is 13.9. The van der Waals surface area contributed by atoms with E-state index in [1.807, 2.05) is 30.3 Å². The van der Waals surface area contributed by atoms with Crippen LogP contribution in [0.5, 0.6) is 0 Å². The molecule has 0 saturated heterocycles. The first-order valence-electron chi connectivity index (χ1n) is 5.74. The highest BCUT2D eigenvalue weighted by Gasteiger charge is 2.35. The number of nitrogens with two attached hydrogens (primary N) is 1. The molecule has 0 fully saturated rings. The molecular formula is C15H17NO. The van der Waals surface area contributed by atoms with Crippen LogP contribution in [0.2, 0.25) is 0 Å². The van der Waals surface area contributed by atoms with Crippen molar-refractivity contribution in [3.63, 3.8) is 0 Å². The second-order valence-corrected chi connectivity index (χ2v) is 4.24. The molecule has 1 aromatic heterocycles. The molecule has 1 aliphatic rings. The molecule has 2 atom stereocenters. The van der Waals surface area contributed by atoms with Gasteiger partial charge in [0.2, 0.25) is 0 Å². The van der Waals surface area contributed by atoms with Gasteiger partial charge in [-0.15, -0.1) is 0 Å². The number of hydrogen-bond acceptors (Lipinski definition) is 2. The molecule has 2 N–H and O–H groups in total. The van der Waals surface area contributed by atoms with E-state index in [0.29, 0.717) is 5.92 Å². The van der Waals surface area contributed by atoms with Crippen LogP contribution in [0.1, 0.15) is 12.5 Å². The van der Waals surface area contributed by atoms with Gasteiger partial charge in [0.15, 0.2) is 0 Å². The van der Waals surface area contributed by atoms with Crippen molar-refractivity contribution in [2.24, 2.45) is 11.7 Å². The SMILES string of the molecule is CC1C=CC1(N)c1ccccc1.c1ccoc1. The Labute approximate surface area is 102 Å². The molecule has 2 aromatic rings. The van der Waals surface area contributed by atoms with Crippen LogP contribution in [0.25, 0.3) is 0 Å². The molecule has 1 aliphatic carbocycles. The maximum absolute atomic E-state index is 6.18. The number of hydrogen-bond donors (Lipinski definition) is 1. The molecule has 3 rings (SSSR count). The third-order valence-corrected chi connectivity index (χ3v) is 3.11. The van der Waals surface area contributed by atoms with Crippen molar-refractivity contribution in [1.29, 1.82) is 0 Å². The maximum Gasteiger partial charge on any atom is 0.0902 e. The van der Waals surface area contributed by atoms with Crippen molar-refractivity contribution < 1.29 is 4.42 Å². The van der Waals surface area contributed by atoms with Gasteiger partial charge in [0.05, 0.1) is 18.1 Å². The quantitative estimate of drug-likeness (QED) is 0.759. The van der Waals surface area contributed by atoms with Crippen LogP contribution in [-0.2, 0) is 5.54 Å². The molecule has 0 aliphatic heterocycles. The van der Waals surface area contributed by atoms with Crippen molar-refractivity contribution in [1.82, 2.24) is 0 Å². The summed E-state index contributed by atoms with van der Waals surface area (Å²) in [7, 11) is 0. The molecule has 88 valence electrons. The smallest absolute Gasteiger partial charge is 0.0902 e. The van der Waals surface area contributed by atoms with Gasteiger partial charge < -0.3 is 10.2 Å². The molecular weight excluding hydrogens is 210 g/mol. The van der Waals surface area contributed by atoms with Gasteiger partial charge in [-0.3, -0.25) is 0 Å². The Bertz CT molecular complexity index is 444. The Morgan fingerprint density at radius 2 is 1.71 bits per heavy atom. The van der Waals surface area contributed by atoms with E-state index in [-0.39, 0.29) is 5.54 Å². The average Bonchev–Trinajstić information content (AvgIpc) is 2.96. The Morgan fingerprint density at radius 1 is 1.06 bits per heavy atom. The fourth-order valence-electron chi connectivity index (χ4n) is 1.81. The summed E-state index contributed by atoms with van der Waals surface area (Å²) in [6.45, 7) is 2.15. The molecule has 0 bridgehead atoms. The minimum Gasteiger partial charge on any atom is -0.473 e. The van der Waals surface area contributed by atoms with Gasteiger partial charge in [0, 0.05) is 0 Å². The van der Waals surface area contributed by atoms with Crippen molar-refractivity contribution in [2.45, 2.75) is 12.5 Å². The number of rotatable bonds is 1. The average molecular weight is 227 g/mol. The monoisotopic (exact) mass is 227 g/mol. The number of benzene rings is 1. The second-order valence-electron chi connectivity index (χ2n) is 4.24. The van der Waals surface area contributed by atoms with E-state index in [9.17, 15) is 0 Å². The van der Waals surface area contributed by atoms with E-state index >= 15 is 0 Å². The summed E-state index contributed by atoms with van der Waals surface area (Å²) >= 11 is 0. The Kier molecular flexibility index (Phi) is 3.45. The normalized spacial score (nSPS) is 25.6. The minimum absolute atomic E-state index is 0.207. The van der Waals surface area contributed by atoms with Crippen LogP contribution < -0.4 is 5.73 Å². The third-order valence-electron chi connectivity index (χ3n) is 3.11. The van der Waals surface area contributed by atoms with Gasteiger partial charge in [-0.2, -0.15) is 0 Å². The van der Waals surface area contributed by atoms with Crippen molar-refractivity contribution >= 4 is 0 Å². The highest BCUT2D eigenvalue weighted by molar-refractivity contribution is 5.37. The summed E-state index contributed by atoms with van der Waals surface area (Å²) in [4.78, 5) is 0. The predicted octanol–water partition coefficient (Wildman–Crippen LogP) is 3.33. The highest BCUT2D eigenvalue weighted by atomic mass is 16.3. The van der Waals surface area contributed by atoms with E-state index in [4.69, 9.17) is 5.73 Å². The van der Waals surface area contributed by atoms with Crippen molar-refractivity contribution in [3.8, 4) is 0 Å². The van der Waals surface area contributed by atoms with Gasteiger partial charge in [0.1, 0.15) is 0 Å². The summed E-state index contributed by atoms with van der Waals surface area (Å²) in [6.07, 6.45) is 7.47. The first-order valence-corrected chi connectivity index (χ1v) is 5.74. The van der Waals surface area contributed by atoms with Gasteiger partial charge in [-0.05, 0) is 23.6 Å². The largest absolute Gasteiger partial charge is 0.473 e. The maximum atomic E-state index is 6.18. The Morgan fingerprint density at radius 3 is 2.06 bits per heavy atom. The lowest BCUT2D eigenvalue weighted by molar-refractivity contribution is 0.389. The summed E-state index contributed by atoms with van der Waals surface area (Å²) < 4.78 is 4.58. The molecule has 2 nitrogen and oxygen atoms in total. The van der Waals surface area contributed by atoms with Crippen molar-refractivity contribution in [3.05, 3.63) is 72.7 Å². The van der Waals surface area contributed by atoms with Gasteiger partial charge in [-0.1, -0.05) is 49.4 Å². The first kappa shape index (κ1) is 11.7. The van der Waals surface area contributed by atoms with Gasteiger partial charge in [0.25, 0.3) is 0 Å². The molecule has 0 spiro atoms. The second kappa shape index (κ2) is 5.02. The molecule has 1 aromatic carbocycles. The lowest BCUT2D eigenvalue weighted by Crippen LogP contribution is -2.45. The zero-order chi connectivity index (χ0) is 12.1. The molecule has 0 saturated carbocycles. The molecule has 1 heterocycles. The lowest BCUT2D eigenvalue weighted by atomic mass is 9.72. The predicted molar refractivity (Wildman–Crippen MR) is 69.3 cm³/mol. The number of furan rings is 1. The van der Waals surface area contributed by atoms with Crippen LogP contribution >= 0.6 is 0 Å². The summed E-state index contributed by atoms with van der Waals surface area (Å²) in [5, 5.41) is 0.